The van der Waals surface area contributed by atoms with Crippen molar-refractivity contribution in [2.45, 2.75) is 0 Å². The second-order valence-electron chi connectivity index (χ2n) is 13.0. The number of fused-ring (bicyclic) bond motifs is 3. The number of hydrogen-bond donors (Lipinski definition) is 0. The number of rotatable bonds is 9. The van der Waals surface area contributed by atoms with Gasteiger partial charge in [-0.2, -0.15) is 0 Å². The Morgan fingerprint density at radius 1 is 0.208 bits per heavy atom. The van der Waals surface area contributed by atoms with E-state index in [9.17, 15) is 0 Å². The van der Waals surface area contributed by atoms with Gasteiger partial charge in [0.05, 0.1) is 5.69 Å². The predicted octanol–water partition coefficient (Wildman–Crippen LogP) is 14.4. The largest absolute Gasteiger partial charge is 0.311 e. The van der Waals surface area contributed by atoms with Crippen LogP contribution in [0.25, 0.3) is 21.5 Å². The lowest BCUT2D eigenvalue weighted by molar-refractivity contribution is 1.25. The van der Waals surface area contributed by atoms with Gasteiger partial charge in [-0.25, -0.2) is 0 Å². The maximum Gasteiger partial charge on any atom is 0.0546 e. The van der Waals surface area contributed by atoms with E-state index in [2.05, 4.69) is 239 Å². The fourth-order valence-corrected chi connectivity index (χ4v) is 7.35. The van der Waals surface area contributed by atoms with Crippen molar-refractivity contribution in [2.75, 3.05) is 14.7 Å². The lowest BCUT2D eigenvalue weighted by atomic mass is 9.99. The van der Waals surface area contributed by atoms with E-state index in [1.165, 1.54) is 21.5 Å². The summed E-state index contributed by atoms with van der Waals surface area (Å²) in [5, 5.41) is 4.94. The smallest absolute Gasteiger partial charge is 0.0546 e. The first-order chi connectivity index (χ1) is 26.3. The Hall–Kier alpha value is -7.10. The molecule has 0 aliphatic heterocycles. The van der Waals surface area contributed by atoms with Crippen LogP contribution in [-0.2, 0) is 0 Å². The molecule has 0 aliphatic carbocycles. The third kappa shape index (κ3) is 6.26. The summed E-state index contributed by atoms with van der Waals surface area (Å²) < 4.78 is 0. The van der Waals surface area contributed by atoms with Crippen molar-refractivity contribution < 1.29 is 0 Å². The summed E-state index contributed by atoms with van der Waals surface area (Å²) in [6.45, 7) is 0. The highest BCUT2D eigenvalue weighted by atomic mass is 15.2. The van der Waals surface area contributed by atoms with Crippen molar-refractivity contribution in [3.63, 3.8) is 0 Å². The van der Waals surface area contributed by atoms with Crippen LogP contribution in [0.4, 0.5) is 51.2 Å². The molecule has 53 heavy (non-hydrogen) atoms. The topological polar surface area (TPSA) is 9.72 Å². The maximum absolute atomic E-state index is 2.38. The number of hydrogen-bond acceptors (Lipinski definition) is 3. The Labute approximate surface area is 310 Å². The minimum atomic E-state index is 1.08. The molecule has 3 heteroatoms. The highest BCUT2D eigenvalue weighted by molar-refractivity contribution is 6.14. The van der Waals surface area contributed by atoms with Gasteiger partial charge in [-0.15, -0.1) is 0 Å². The number of anilines is 9. The number of para-hydroxylation sites is 4. The monoisotopic (exact) mass is 679 g/mol. The molecule has 0 aromatic heterocycles. The Kier molecular flexibility index (Phi) is 8.57. The second kappa shape index (κ2) is 14.3. The van der Waals surface area contributed by atoms with Crippen molar-refractivity contribution in [1.29, 1.82) is 0 Å². The Balaban J connectivity index is 1.13. The minimum Gasteiger partial charge on any atom is -0.311 e. The molecule has 252 valence electrons. The third-order valence-electron chi connectivity index (χ3n) is 9.78. The van der Waals surface area contributed by atoms with Crippen LogP contribution in [0, 0.1) is 0 Å². The second-order valence-corrected chi connectivity index (χ2v) is 13.0. The zero-order valence-electron chi connectivity index (χ0n) is 29.2. The van der Waals surface area contributed by atoms with Crippen LogP contribution in [-0.4, -0.2) is 0 Å². The quantitative estimate of drug-likeness (QED) is 0.141. The number of benzene rings is 9. The van der Waals surface area contributed by atoms with Crippen molar-refractivity contribution in [3.05, 3.63) is 224 Å². The average molecular weight is 680 g/mol. The van der Waals surface area contributed by atoms with Gasteiger partial charge in [-0.1, -0.05) is 121 Å². The van der Waals surface area contributed by atoms with Crippen LogP contribution in [0.15, 0.2) is 224 Å². The summed E-state index contributed by atoms with van der Waals surface area (Å²) in [6, 6.07) is 79.8. The van der Waals surface area contributed by atoms with Crippen molar-refractivity contribution in [1.82, 2.24) is 0 Å². The molecular formula is C50H37N3. The van der Waals surface area contributed by atoms with E-state index in [-0.39, 0.29) is 0 Å². The van der Waals surface area contributed by atoms with Crippen LogP contribution < -0.4 is 14.7 Å². The molecule has 0 bridgehead atoms. The van der Waals surface area contributed by atoms with Crippen LogP contribution in [0.3, 0.4) is 0 Å². The first-order valence-corrected chi connectivity index (χ1v) is 18.0. The van der Waals surface area contributed by atoms with E-state index in [0.29, 0.717) is 0 Å². The summed E-state index contributed by atoms with van der Waals surface area (Å²) >= 11 is 0. The normalized spacial score (nSPS) is 11.0. The molecule has 0 amide bonds. The van der Waals surface area contributed by atoms with Gasteiger partial charge in [0.15, 0.2) is 0 Å². The summed E-state index contributed by atoms with van der Waals surface area (Å²) in [7, 11) is 0. The molecule has 0 aliphatic rings. The third-order valence-corrected chi connectivity index (χ3v) is 9.78. The fourth-order valence-electron chi connectivity index (χ4n) is 7.35. The van der Waals surface area contributed by atoms with Gasteiger partial charge in [0.2, 0.25) is 0 Å². The lowest BCUT2D eigenvalue weighted by Crippen LogP contribution is -2.13. The summed E-state index contributed by atoms with van der Waals surface area (Å²) in [5.41, 5.74) is 9.92. The maximum atomic E-state index is 2.38. The Morgan fingerprint density at radius 2 is 0.491 bits per heavy atom. The van der Waals surface area contributed by atoms with Crippen LogP contribution in [0.2, 0.25) is 0 Å². The van der Waals surface area contributed by atoms with E-state index < -0.39 is 0 Å². The standard InChI is InChI=1S/C50H37N3/c1-5-18-39(19-6-1)51(40-20-7-2-8-21-40)43-29-31-44(32-30-43)52(41-22-9-3-10-23-41)45-33-35-46(36-34-45)53(42-24-11-4-12-25-42)50-37-38-17-13-14-26-47(38)48-27-15-16-28-49(48)50/h1-37H. The van der Waals surface area contributed by atoms with Gasteiger partial charge in [0, 0.05) is 50.9 Å². The average Bonchev–Trinajstić information content (AvgIpc) is 3.24. The van der Waals surface area contributed by atoms with E-state index in [1.54, 1.807) is 0 Å². The van der Waals surface area contributed by atoms with E-state index in [4.69, 9.17) is 0 Å². The van der Waals surface area contributed by atoms with Gasteiger partial charge in [-0.05, 0) is 119 Å². The first-order valence-electron chi connectivity index (χ1n) is 18.0. The summed E-state index contributed by atoms with van der Waals surface area (Å²) in [5.74, 6) is 0. The molecule has 0 N–H and O–H groups in total. The molecule has 9 aromatic carbocycles. The number of nitrogens with zero attached hydrogens (tertiary/aromatic N) is 3. The van der Waals surface area contributed by atoms with E-state index in [0.717, 1.165) is 51.2 Å². The van der Waals surface area contributed by atoms with Crippen molar-refractivity contribution in [2.24, 2.45) is 0 Å². The highest BCUT2D eigenvalue weighted by Crippen LogP contribution is 2.44. The summed E-state index contributed by atoms with van der Waals surface area (Å²) in [4.78, 5) is 6.99. The zero-order valence-corrected chi connectivity index (χ0v) is 29.2. The van der Waals surface area contributed by atoms with Crippen molar-refractivity contribution in [3.8, 4) is 0 Å². The predicted molar refractivity (Wildman–Crippen MR) is 226 cm³/mol. The van der Waals surface area contributed by atoms with Crippen LogP contribution in [0.1, 0.15) is 0 Å². The Bertz CT molecular complexity index is 2550. The molecule has 9 rings (SSSR count). The molecule has 0 unspecified atom stereocenters. The Morgan fingerprint density at radius 3 is 0.906 bits per heavy atom. The molecule has 0 saturated heterocycles. The molecule has 0 fully saturated rings. The van der Waals surface area contributed by atoms with Gasteiger partial charge in [0.1, 0.15) is 0 Å². The minimum absolute atomic E-state index is 1.08. The van der Waals surface area contributed by atoms with Crippen LogP contribution >= 0.6 is 0 Å². The molecule has 3 nitrogen and oxygen atoms in total. The molecule has 0 radical (unpaired) electrons. The molecule has 9 aromatic rings. The van der Waals surface area contributed by atoms with Gasteiger partial charge in [-0.3, -0.25) is 0 Å². The van der Waals surface area contributed by atoms with Gasteiger partial charge < -0.3 is 14.7 Å². The van der Waals surface area contributed by atoms with Crippen molar-refractivity contribution >= 4 is 72.7 Å². The summed E-state index contributed by atoms with van der Waals surface area (Å²) in [6.07, 6.45) is 0. The molecule has 0 heterocycles. The highest BCUT2D eigenvalue weighted by Gasteiger charge is 2.19. The SMILES string of the molecule is c1ccc(N(c2ccccc2)c2ccc(N(c3ccccc3)c3ccc(N(c4ccccc4)c4cc5ccccc5c5ccccc45)cc3)cc2)cc1. The first kappa shape index (κ1) is 31.9. The molecular weight excluding hydrogens is 643 g/mol. The molecule has 0 atom stereocenters. The molecule has 0 spiro atoms. The fraction of sp³-hybridized carbons (Fsp3) is 0. The zero-order chi connectivity index (χ0) is 35.4. The van der Waals surface area contributed by atoms with Crippen LogP contribution in [0.5, 0.6) is 0 Å². The molecule has 0 saturated carbocycles. The van der Waals surface area contributed by atoms with E-state index >= 15 is 0 Å². The van der Waals surface area contributed by atoms with E-state index in [1.807, 2.05) is 0 Å². The van der Waals surface area contributed by atoms with Gasteiger partial charge >= 0.3 is 0 Å². The lowest BCUT2D eigenvalue weighted by Gasteiger charge is -2.30. The van der Waals surface area contributed by atoms with Gasteiger partial charge in [0.25, 0.3) is 0 Å².